The first-order chi connectivity index (χ1) is 15.4. The van der Waals surface area contributed by atoms with Gasteiger partial charge in [0.15, 0.2) is 6.61 Å². The molecule has 4 rings (SSSR count). The van der Waals surface area contributed by atoms with Crippen molar-refractivity contribution in [2.24, 2.45) is 5.92 Å². The molecule has 32 heavy (non-hydrogen) atoms. The molecule has 0 spiro atoms. The number of likely N-dealkylation sites (tertiary alicyclic amines) is 1. The quantitative estimate of drug-likeness (QED) is 0.505. The van der Waals surface area contributed by atoms with Gasteiger partial charge in [-0.3, -0.25) is 29.5 Å². The van der Waals surface area contributed by atoms with E-state index in [2.05, 4.69) is 23.2 Å². The Morgan fingerprint density at radius 3 is 2.81 bits per heavy atom. The van der Waals surface area contributed by atoms with Crippen LogP contribution in [0.1, 0.15) is 30.7 Å². The number of nitro groups is 1. The highest BCUT2D eigenvalue weighted by molar-refractivity contribution is 7.10. The van der Waals surface area contributed by atoms with E-state index in [1.165, 1.54) is 28.0 Å². The van der Waals surface area contributed by atoms with Crippen molar-refractivity contribution in [2.45, 2.75) is 25.8 Å². The van der Waals surface area contributed by atoms with Crippen molar-refractivity contribution in [1.82, 2.24) is 10.2 Å². The van der Waals surface area contributed by atoms with E-state index >= 15 is 0 Å². The van der Waals surface area contributed by atoms with Crippen LogP contribution in [0.15, 0.2) is 35.7 Å². The van der Waals surface area contributed by atoms with Crippen LogP contribution in [0.3, 0.4) is 0 Å². The minimum absolute atomic E-state index is 0.0835. The number of amides is 2. The Morgan fingerprint density at radius 2 is 2.12 bits per heavy atom. The van der Waals surface area contributed by atoms with Gasteiger partial charge in [0.25, 0.3) is 11.6 Å². The molecule has 1 aromatic carbocycles. The fourth-order valence-electron chi connectivity index (χ4n) is 4.12. The first-order valence-electron chi connectivity index (χ1n) is 10.7. The van der Waals surface area contributed by atoms with Gasteiger partial charge in [-0.25, -0.2) is 0 Å². The lowest BCUT2D eigenvalue weighted by Gasteiger charge is -2.36. The van der Waals surface area contributed by atoms with Crippen LogP contribution in [0, 0.1) is 16.0 Å². The summed E-state index contributed by atoms with van der Waals surface area (Å²) in [6, 6.07) is 8.22. The minimum Gasteiger partial charge on any atom is -0.482 e. The van der Waals surface area contributed by atoms with Crippen molar-refractivity contribution in [3.05, 3.63) is 50.7 Å². The van der Waals surface area contributed by atoms with Crippen molar-refractivity contribution in [3.8, 4) is 5.75 Å². The van der Waals surface area contributed by atoms with Gasteiger partial charge in [-0.15, -0.1) is 11.3 Å². The van der Waals surface area contributed by atoms with Crippen LogP contribution in [-0.4, -0.2) is 54.4 Å². The van der Waals surface area contributed by atoms with E-state index in [0.29, 0.717) is 18.2 Å². The van der Waals surface area contributed by atoms with Gasteiger partial charge in [-0.2, -0.15) is 0 Å². The summed E-state index contributed by atoms with van der Waals surface area (Å²) in [5.74, 6) is 0.334. The second kappa shape index (κ2) is 9.66. The lowest BCUT2D eigenvalue weighted by atomic mass is 9.97. The van der Waals surface area contributed by atoms with E-state index in [1.54, 1.807) is 11.3 Å². The molecule has 1 aromatic heterocycles. The average Bonchev–Trinajstić information content (AvgIpc) is 3.31. The Hall–Kier alpha value is -2.98. The summed E-state index contributed by atoms with van der Waals surface area (Å²) in [4.78, 5) is 40.7. The van der Waals surface area contributed by atoms with Crippen molar-refractivity contribution >= 4 is 34.5 Å². The standard InChI is InChI=1S/C22H26N4O5S/c1-15-6-8-24(9-7-15)18(20-3-2-10-32-20)12-23-21(27)13-25-17-11-16(26(29)30)4-5-19(17)31-14-22(25)28/h2-5,10-11,15,18H,6-9,12-14H2,1H3,(H,23,27). The Bertz CT molecular complexity index is 988. The van der Waals surface area contributed by atoms with Crippen LogP contribution in [0.4, 0.5) is 11.4 Å². The molecule has 0 aliphatic carbocycles. The van der Waals surface area contributed by atoms with Crippen molar-refractivity contribution < 1.29 is 19.2 Å². The van der Waals surface area contributed by atoms with Gasteiger partial charge < -0.3 is 10.1 Å². The van der Waals surface area contributed by atoms with E-state index in [0.717, 1.165) is 25.9 Å². The summed E-state index contributed by atoms with van der Waals surface area (Å²) in [5.41, 5.74) is 0.0787. The molecule has 0 radical (unpaired) electrons. The zero-order valence-electron chi connectivity index (χ0n) is 17.9. The first kappa shape index (κ1) is 22.2. The van der Waals surface area contributed by atoms with Gasteiger partial charge in [0, 0.05) is 23.6 Å². The number of rotatable bonds is 7. The van der Waals surface area contributed by atoms with Crippen LogP contribution in [0.2, 0.25) is 0 Å². The summed E-state index contributed by atoms with van der Waals surface area (Å²) >= 11 is 1.67. The van der Waals surface area contributed by atoms with Gasteiger partial charge in [0.1, 0.15) is 12.3 Å². The third-order valence-electron chi connectivity index (χ3n) is 6.02. The maximum absolute atomic E-state index is 12.8. The van der Waals surface area contributed by atoms with Gasteiger partial charge in [-0.05, 0) is 49.4 Å². The monoisotopic (exact) mass is 458 g/mol. The van der Waals surface area contributed by atoms with Crippen LogP contribution < -0.4 is 15.0 Å². The highest BCUT2D eigenvalue weighted by atomic mass is 32.1. The zero-order chi connectivity index (χ0) is 22.7. The van der Waals surface area contributed by atoms with Crippen molar-refractivity contribution in [1.29, 1.82) is 0 Å². The lowest BCUT2D eigenvalue weighted by Crippen LogP contribution is -2.47. The number of hydrogen-bond donors (Lipinski definition) is 1. The predicted molar refractivity (Wildman–Crippen MR) is 121 cm³/mol. The summed E-state index contributed by atoms with van der Waals surface area (Å²) in [5, 5.41) is 16.1. The average molecular weight is 459 g/mol. The van der Waals surface area contributed by atoms with Gasteiger partial charge >= 0.3 is 0 Å². The van der Waals surface area contributed by atoms with E-state index in [1.807, 2.05) is 11.4 Å². The minimum atomic E-state index is -0.539. The number of carbonyl (C=O) groups excluding carboxylic acids is 2. The summed E-state index contributed by atoms with van der Waals surface area (Å²) in [7, 11) is 0. The van der Waals surface area contributed by atoms with Crippen LogP contribution in [0.5, 0.6) is 5.75 Å². The molecule has 2 aliphatic heterocycles. The molecule has 2 amide bonds. The van der Waals surface area contributed by atoms with Crippen molar-refractivity contribution in [3.63, 3.8) is 0 Å². The first-order valence-corrected chi connectivity index (χ1v) is 11.6. The van der Waals surface area contributed by atoms with Gasteiger partial charge in [0.05, 0.1) is 16.7 Å². The second-order valence-corrected chi connectivity index (χ2v) is 9.21. The van der Waals surface area contributed by atoms with Gasteiger partial charge in [-0.1, -0.05) is 13.0 Å². The van der Waals surface area contributed by atoms with E-state index in [-0.39, 0.29) is 36.5 Å². The predicted octanol–water partition coefficient (Wildman–Crippen LogP) is 2.97. The number of non-ortho nitro benzene ring substituents is 1. The third-order valence-corrected chi connectivity index (χ3v) is 6.99. The van der Waals surface area contributed by atoms with E-state index in [4.69, 9.17) is 4.74 Å². The van der Waals surface area contributed by atoms with Crippen LogP contribution in [0.25, 0.3) is 0 Å². The molecule has 1 atom stereocenters. The number of carbonyl (C=O) groups is 2. The number of piperidine rings is 1. The molecule has 1 N–H and O–H groups in total. The van der Waals surface area contributed by atoms with Crippen molar-refractivity contribution in [2.75, 3.05) is 37.7 Å². The number of fused-ring (bicyclic) bond motifs is 1. The summed E-state index contributed by atoms with van der Waals surface area (Å²) in [6.45, 7) is 4.25. The molecule has 0 bridgehead atoms. The second-order valence-electron chi connectivity index (χ2n) is 8.23. The SMILES string of the molecule is CC1CCN(C(CNC(=O)CN2C(=O)COc3ccc([N+](=O)[O-])cc32)c2cccs2)CC1. The van der Waals surface area contributed by atoms with Crippen LogP contribution >= 0.6 is 11.3 Å². The smallest absolute Gasteiger partial charge is 0.271 e. The van der Waals surface area contributed by atoms with Gasteiger partial charge in [0.2, 0.25) is 5.91 Å². The molecule has 2 aliphatic rings. The maximum atomic E-state index is 12.8. The molecule has 3 heterocycles. The molecule has 1 fully saturated rings. The Morgan fingerprint density at radius 1 is 1.34 bits per heavy atom. The third kappa shape index (κ3) is 4.91. The number of nitro benzene ring substituents is 1. The number of nitrogens with one attached hydrogen (secondary N) is 1. The normalized spacial score (nSPS) is 18.0. The van der Waals surface area contributed by atoms with E-state index in [9.17, 15) is 19.7 Å². The molecule has 9 nitrogen and oxygen atoms in total. The largest absolute Gasteiger partial charge is 0.482 e. The highest BCUT2D eigenvalue weighted by Gasteiger charge is 2.30. The lowest BCUT2D eigenvalue weighted by molar-refractivity contribution is -0.384. The molecule has 170 valence electrons. The number of benzene rings is 1. The molecule has 1 unspecified atom stereocenters. The summed E-state index contributed by atoms with van der Waals surface area (Å²) < 4.78 is 5.37. The molecule has 10 heteroatoms. The Balaban J connectivity index is 1.44. The topological polar surface area (TPSA) is 105 Å². The molecule has 0 saturated carbocycles. The number of nitrogens with zero attached hydrogens (tertiary/aromatic N) is 3. The Kier molecular flexibility index (Phi) is 6.71. The zero-order valence-corrected chi connectivity index (χ0v) is 18.7. The fraction of sp³-hybridized carbons (Fsp3) is 0.455. The molecular formula is C22H26N4O5S. The molecular weight excluding hydrogens is 432 g/mol. The Labute approximate surface area is 190 Å². The van der Waals surface area contributed by atoms with Crippen LogP contribution in [-0.2, 0) is 9.59 Å². The number of ether oxygens (including phenoxy) is 1. The van der Waals surface area contributed by atoms with E-state index < -0.39 is 10.8 Å². The number of anilines is 1. The summed E-state index contributed by atoms with van der Waals surface area (Å²) in [6.07, 6.45) is 2.27. The maximum Gasteiger partial charge on any atom is 0.271 e. The number of thiophene rings is 1. The fourth-order valence-corrected chi connectivity index (χ4v) is 4.98. The highest BCUT2D eigenvalue weighted by Crippen LogP contribution is 2.35. The number of hydrogen-bond acceptors (Lipinski definition) is 7. The molecule has 1 saturated heterocycles. The molecule has 2 aromatic rings.